The van der Waals surface area contributed by atoms with Gasteiger partial charge in [-0.1, -0.05) is 29.9 Å². The fraction of sp³-hybridized carbons (Fsp3) is 0.440. The van der Waals surface area contributed by atoms with Crippen molar-refractivity contribution in [1.82, 2.24) is 10.6 Å². The number of fused-ring (bicyclic) bond motifs is 3. The summed E-state index contributed by atoms with van der Waals surface area (Å²) in [5.74, 6) is 2.88. The van der Waals surface area contributed by atoms with E-state index in [2.05, 4.69) is 52.1 Å². The summed E-state index contributed by atoms with van der Waals surface area (Å²) in [5, 5.41) is 6.94. The van der Waals surface area contributed by atoms with Crippen molar-refractivity contribution >= 4 is 26.4 Å². The van der Waals surface area contributed by atoms with E-state index in [0.717, 1.165) is 34.4 Å². The highest BCUT2D eigenvalue weighted by Gasteiger charge is 2.58. The van der Waals surface area contributed by atoms with Crippen LogP contribution in [0.5, 0.6) is 11.5 Å². The van der Waals surface area contributed by atoms with Gasteiger partial charge in [0.2, 0.25) is 0 Å². The van der Waals surface area contributed by atoms with Crippen molar-refractivity contribution in [3.63, 3.8) is 0 Å². The van der Waals surface area contributed by atoms with Crippen LogP contribution in [0.2, 0.25) is 0 Å². The number of methoxy groups -OCH3 is 2. The molecule has 1 unspecified atom stereocenters. The van der Waals surface area contributed by atoms with Crippen LogP contribution in [-0.2, 0) is 11.4 Å². The van der Waals surface area contributed by atoms with E-state index in [1.165, 1.54) is 35.8 Å². The minimum absolute atomic E-state index is 0.331. The number of rotatable bonds is 5. The monoisotopic (exact) mass is 451 g/mol. The largest absolute Gasteiger partial charge is 0.497 e. The van der Waals surface area contributed by atoms with Crippen molar-refractivity contribution in [3.8, 4) is 11.5 Å². The van der Waals surface area contributed by atoms with Gasteiger partial charge in [0.25, 0.3) is 0 Å². The molecule has 2 aromatic carbocycles. The van der Waals surface area contributed by atoms with Crippen LogP contribution in [0.4, 0.5) is 5.00 Å². The summed E-state index contributed by atoms with van der Waals surface area (Å²) in [4.78, 5) is 6.52. The number of hydrazine groups is 2. The highest BCUT2D eigenvalue weighted by molar-refractivity contribution is 7.22. The maximum absolute atomic E-state index is 6.52. The zero-order chi connectivity index (χ0) is 21.7. The van der Waals surface area contributed by atoms with Gasteiger partial charge in [0.05, 0.1) is 20.8 Å². The summed E-state index contributed by atoms with van der Waals surface area (Å²) >= 11 is 1.78. The third-order valence-electron chi connectivity index (χ3n) is 7.49. The van der Waals surface area contributed by atoms with E-state index in [-0.39, 0.29) is 5.72 Å². The number of benzene rings is 2. The molecule has 1 atom stereocenters. The molecule has 2 heterocycles. The zero-order valence-electron chi connectivity index (χ0n) is 18.5. The van der Waals surface area contributed by atoms with Crippen molar-refractivity contribution in [3.05, 3.63) is 54.1 Å². The fourth-order valence-corrected chi connectivity index (χ4v) is 6.84. The highest BCUT2D eigenvalue weighted by Crippen LogP contribution is 2.54. The summed E-state index contributed by atoms with van der Waals surface area (Å²) in [5.41, 5.74) is 4.10. The first-order chi connectivity index (χ1) is 15.7. The molecule has 1 aromatic heterocycles. The minimum atomic E-state index is -0.331. The molecule has 0 radical (unpaired) electrons. The van der Waals surface area contributed by atoms with Crippen LogP contribution in [0.25, 0.3) is 10.1 Å². The molecule has 168 valence electrons. The summed E-state index contributed by atoms with van der Waals surface area (Å²) in [6.45, 7) is 0.692. The third kappa shape index (κ3) is 3.18. The Balaban J connectivity index is 1.41. The molecular formula is C25H29N3O3S. The van der Waals surface area contributed by atoms with E-state index in [0.29, 0.717) is 12.5 Å². The molecule has 3 aliphatic carbocycles. The van der Waals surface area contributed by atoms with E-state index >= 15 is 0 Å². The summed E-state index contributed by atoms with van der Waals surface area (Å²) in [6.07, 6.45) is 6.15. The predicted molar refractivity (Wildman–Crippen MR) is 126 cm³/mol. The molecule has 0 amide bonds. The summed E-state index contributed by atoms with van der Waals surface area (Å²) in [6, 6.07) is 16.8. The van der Waals surface area contributed by atoms with Gasteiger partial charge in [0.1, 0.15) is 16.5 Å². The zero-order valence-corrected chi connectivity index (χ0v) is 19.4. The normalized spacial score (nSPS) is 27.5. The lowest BCUT2D eigenvalue weighted by Crippen LogP contribution is -2.59. The molecule has 4 fully saturated rings. The Labute approximate surface area is 192 Å². The molecule has 7 rings (SSSR count). The van der Waals surface area contributed by atoms with Crippen molar-refractivity contribution < 1.29 is 14.3 Å². The molecular weight excluding hydrogens is 422 g/mol. The smallest absolute Gasteiger partial charge is 0.166 e. The molecule has 1 saturated heterocycles. The average Bonchev–Trinajstić information content (AvgIpc) is 3.42. The van der Waals surface area contributed by atoms with Gasteiger partial charge in [-0.3, -0.25) is 4.84 Å². The lowest BCUT2D eigenvalue weighted by molar-refractivity contribution is -0.201. The molecule has 3 aromatic rings. The molecule has 1 aliphatic heterocycles. The van der Waals surface area contributed by atoms with Gasteiger partial charge in [0, 0.05) is 22.2 Å². The standard InChI is InChI=1S/C25H29N3O3S/c1-29-21-12-9-19(22(14-21)30-2)16-27-25(15-17-7-10-20(25)11-8-17)31-26-28(27)24-13-18-5-3-4-6-23(18)32-24/h3-6,9,12-14,17,20,26H,7-8,10-11,15-16H2,1-2H3. The Morgan fingerprint density at radius 1 is 1.06 bits per heavy atom. The van der Waals surface area contributed by atoms with Crippen LogP contribution in [0, 0.1) is 11.8 Å². The second-order valence-electron chi connectivity index (χ2n) is 9.13. The molecule has 1 spiro atoms. The first kappa shape index (κ1) is 20.3. The first-order valence-corrected chi connectivity index (χ1v) is 12.2. The molecule has 3 saturated carbocycles. The SMILES string of the molecule is COc1ccc(CN2N(c3cc4ccccc4s3)NOC23CC2CCC3CC2)c(OC)c1. The maximum Gasteiger partial charge on any atom is 0.166 e. The molecule has 7 heteroatoms. The number of nitrogens with zero attached hydrogens (tertiary/aromatic N) is 2. The Morgan fingerprint density at radius 3 is 2.62 bits per heavy atom. The van der Waals surface area contributed by atoms with Crippen molar-refractivity contribution in [2.24, 2.45) is 11.8 Å². The Bertz CT molecular complexity index is 1090. The molecule has 2 bridgehead atoms. The molecule has 1 N–H and O–H groups in total. The van der Waals surface area contributed by atoms with Crippen molar-refractivity contribution in [1.29, 1.82) is 0 Å². The lowest BCUT2D eigenvalue weighted by atomic mass is 9.65. The number of nitrogens with one attached hydrogen (secondary N) is 1. The molecule has 4 aliphatic rings. The van der Waals surface area contributed by atoms with Gasteiger partial charge < -0.3 is 9.47 Å². The van der Waals surface area contributed by atoms with E-state index in [1.54, 1.807) is 25.6 Å². The lowest BCUT2D eigenvalue weighted by Gasteiger charge is -2.51. The highest BCUT2D eigenvalue weighted by atomic mass is 32.1. The summed E-state index contributed by atoms with van der Waals surface area (Å²) < 4.78 is 12.4. The van der Waals surface area contributed by atoms with Gasteiger partial charge in [-0.05, 0) is 61.6 Å². The van der Waals surface area contributed by atoms with Crippen LogP contribution in [-0.4, -0.2) is 25.0 Å². The van der Waals surface area contributed by atoms with Crippen LogP contribution < -0.4 is 20.2 Å². The van der Waals surface area contributed by atoms with E-state index in [4.69, 9.17) is 14.3 Å². The number of ether oxygens (including phenoxy) is 2. The average molecular weight is 452 g/mol. The number of anilines is 1. The van der Waals surface area contributed by atoms with Gasteiger partial charge in [-0.2, -0.15) is 5.01 Å². The van der Waals surface area contributed by atoms with Gasteiger partial charge >= 0.3 is 0 Å². The first-order valence-electron chi connectivity index (χ1n) is 11.4. The topological polar surface area (TPSA) is 46.2 Å². The van der Waals surface area contributed by atoms with E-state index in [1.807, 2.05) is 12.1 Å². The maximum atomic E-state index is 6.52. The second-order valence-corrected chi connectivity index (χ2v) is 10.2. The second kappa shape index (κ2) is 7.92. The van der Waals surface area contributed by atoms with Crippen LogP contribution in [0.15, 0.2) is 48.5 Å². The Kier molecular flexibility index (Phi) is 5.02. The molecule has 6 nitrogen and oxygen atoms in total. The van der Waals surface area contributed by atoms with Crippen molar-refractivity contribution in [2.75, 3.05) is 19.3 Å². The summed E-state index contributed by atoms with van der Waals surface area (Å²) in [7, 11) is 3.41. The van der Waals surface area contributed by atoms with Gasteiger partial charge in [-0.15, -0.1) is 11.3 Å². The van der Waals surface area contributed by atoms with Gasteiger partial charge in [0.15, 0.2) is 5.72 Å². The number of hydrogen-bond acceptors (Lipinski definition) is 7. The number of hydrogen-bond donors (Lipinski definition) is 1. The van der Waals surface area contributed by atoms with E-state index < -0.39 is 0 Å². The number of thiophene rings is 1. The van der Waals surface area contributed by atoms with E-state index in [9.17, 15) is 0 Å². The fourth-order valence-electron chi connectivity index (χ4n) is 5.82. The Hall–Kier alpha value is -2.32. The minimum Gasteiger partial charge on any atom is -0.497 e. The van der Waals surface area contributed by atoms with Crippen LogP contribution >= 0.6 is 11.3 Å². The predicted octanol–water partition coefficient (Wildman–Crippen LogP) is 5.50. The quantitative estimate of drug-likeness (QED) is 0.553. The molecule has 32 heavy (non-hydrogen) atoms. The van der Waals surface area contributed by atoms with Crippen LogP contribution in [0.1, 0.15) is 37.7 Å². The van der Waals surface area contributed by atoms with Gasteiger partial charge in [-0.25, -0.2) is 5.12 Å². The third-order valence-corrected chi connectivity index (χ3v) is 8.58. The van der Waals surface area contributed by atoms with Crippen LogP contribution in [0.3, 0.4) is 0 Å². The Morgan fingerprint density at radius 2 is 1.91 bits per heavy atom. The van der Waals surface area contributed by atoms with Crippen molar-refractivity contribution in [2.45, 2.75) is 44.4 Å².